The topological polar surface area (TPSA) is 44.9 Å². The first-order chi connectivity index (χ1) is 28.0. The van der Waals surface area contributed by atoms with Gasteiger partial charge in [0.1, 0.15) is 5.82 Å². The summed E-state index contributed by atoms with van der Waals surface area (Å²) in [6.07, 6.45) is 1.85. The molecule has 0 fully saturated rings. The minimum atomic E-state index is -0.315. The number of benzene rings is 6. The predicted molar refractivity (Wildman–Crippen MR) is 238 cm³/mol. The molecule has 0 aliphatic carbocycles. The second-order valence-electron chi connectivity index (χ2n) is 17.1. The van der Waals surface area contributed by atoms with E-state index in [1.165, 1.54) is 16.7 Å². The van der Waals surface area contributed by atoms with E-state index in [2.05, 4.69) is 191 Å². The van der Waals surface area contributed by atoms with Crippen molar-refractivity contribution in [3.8, 4) is 56.4 Å². The standard InChI is InChI=1S/C53H46N4O.Pt/c1-35-30-31-54-47(32-35)56-45-27-15-14-24-43(45)44-29-28-40(34-46(44)56)58-39-23-16-22-38(33-39)57-51(53(5,6)7)49(50(55-57)52(2,3)4)48-41(36-18-10-8-11-19-36)25-17-26-42(48)37-20-12-9-13-21-37;/h8-32H,1-7H3;/q-2;+2. The van der Waals surface area contributed by atoms with Gasteiger partial charge in [0.05, 0.1) is 11.4 Å². The van der Waals surface area contributed by atoms with Gasteiger partial charge in [-0.25, -0.2) is 4.98 Å². The van der Waals surface area contributed by atoms with Crippen LogP contribution in [0, 0.1) is 19.1 Å². The fraction of sp³-hybridized carbons (Fsp3) is 0.170. The van der Waals surface area contributed by atoms with Crippen LogP contribution < -0.4 is 4.74 Å². The Balaban J connectivity index is 0.00000484. The quantitative estimate of drug-likeness (QED) is 0.150. The van der Waals surface area contributed by atoms with Gasteiger partial charge in [0.15, 0.2) is 0 Å². The number of hydrogen-bond acceptors (Lipinski definition) is 3. The normalized spacial score (nSPS) is 11.8. The van der Waals surface area contributed by atoms with Crippen LogP contribution in [0.5, 0.6) is 11.5 Å². The molecular formula is C53H46N4OPt. The number of aromatic nitrogens is 4. The molecule has 0 atom stereocenters. The number of nitrogens with zero attached hydrogens (tertiary/aromatic N) is 4. The largest absolute Gasteiger partial charge is 2.00 e. The van der Waals surface area contributed by atoms with Gasteiger partial charge in [-0.05, 0) is 64.0 Å². The van der Waals surface area contributed by atoms with Crippen molar-refractivity contribution in [3.63, 3.8) is 0 Å². The molecule has 3 aromatic heterocycles. The Hall–Kier alpha value is -6.03. The molecule has 294 valence electrons. The van der Waals surface area contributed by atoms with Crippen LogP contribution in [0.2, 0.25) is 0 Å². The molecule has 0 radical (unpaired) electrons. The fourth-order valence-corrected chi connectivity index (χ4v) is 8.14. The zero-order valence-electron chi connectivity index (χ0n) is 34.4. The summed E-state index contributed by atoms with van der Waals surface area (Å²) in [5.41, 5.74) is 12.4. The average Bonchev–Trinajstić information content (AvgIpc) is 3.79. The van der Waals surface area contributed by atoms with Crippen molar-refractivity contribution in [3.05, 3.63) is 181 Å². The van der Waals surface area contributed by atoms with Gasteiger partial charge in [0.25, 0.3) is 0 Å². The van der Waals surface area contributed by atoms with Gasteiger partial charge < -0.3 is 9.30 Å². The smallest absolute Gasteiger partial charge is 0.509 e. The molecule has 0 unspecified atom stereocenters. The van der Waals surface area contributed by atoms with E-state index in [1.54, 1.807) is 0 Å². The number of fused-ring (bicyclic) bond motifs is 3. The number of aryl methyl sites for hydroxylation is 1. The van der Waals surface area contributed by atoms with Crippen molar-refractivity contribution >= 4 is 21.8 Å². The molecule has 6 aromatic carbocycles. The average molecular weight is 950 g/mol. The van der Waals surface area contributed by atoms with E-state index in [0.29, 0.717) is 11.5 Å². The first kappa shape index (κ1) is 39.8. The van der Waals surface area contributed by atoms with Crippen molar-refractivity contribution < 1.29 is 25.8 Å². The molecule has 9 rings (SSSR count). The summed E-state index contributed by atoms with van der Waals surface area (Å²) < 4.78 is 10.9. The molecule has 9 aromatic rings. The van der Waals surface area contributed by atoms with E-state index >= 15 is 0 Å². The summed E-state index contributed by atoms with van der Waals surface area (Å²) in [5, 5.41) is 7.77. The van der Waals surface area contributed by atoms with Gasteiger partial charge in [0, 0.05) is 45.2 Å². The first-order valence-corrected chi connectivity index (χ1v) is 19.9. The summed E-state index contributed by atoms with van der Waals surface area (Å²) in [4.78, 5) is 4.75. The van der Waals surface area contributed by atoms with Crippen LogP contribution in [0.3, 0.4) is 0 Å². The van der Waals surface area contributed by atoms with Crippen molar-refractivity contribution in [2.75, 3.05) is 0 Å². The molecule has 59 heavy (non-hydrogen) atoms. The van der Waals surface area contributed by atoms with Crippen molar-refractivity contribution in [1.29, 1.82) is 0 Å². The Morgan fingerprint density at radius 3 is 1.85 bits per heavy atom. The SMILES string of the molecule is Cc1ccnc(-n2c3[c-]c(Oc4[c-]c(-n5nc(C(C)(C)C)c(-c6c(-c7ccccc7)cccc6-c6ccccc6)c5C(C)(C)C)ccc4)ccc3c3ccccc32)c1.[Pt+2]. The zero-order valence-corrected chi connectivity index (χ0v) is 36.7. The summed E-state index contributed by atoms with van der Waals surface area (Å²) in [5.74, 6) is 2.01. The van der Waals surface area contributed by atoms with Crippen LogP contribution >= 0.6 is 0 Å². The third-order valence-electron chi connectivity index (χ3n) is 10.7. The Morgan fingerprint density at radius 1 is 0.576 bits per heavy atom. The van der Waals surface area contributed by atoms with Gasteiger partial charge in [-0.1, -0.05) is 144 Å². The second-order valence-corrected chi connectivity index (χ2v) is 17.1. The molecule has 0 amide bonds. The van der Waals surface area contributed by atoms with Crippen LogP contribution in [0.25, 0.3) is 66.7 Å². The molecule has 0 bridgehead atoms. The maximum Gasteiger partial charge on any atom is 2.00 e. The molecule has 0 saturated carbocycles. The predicted octanol–water partition coefficient (Wildman–Crippen LogP) is 13.7. The number of hydrogen-bond donors (Lipinski definition) is 0. The van der Waals surface area contributed by atoms with Crippen molar-refractivity contribution in [2.45, 2.75) is 59.3 Å². The monoisotopic (exact) mass is 949 g/mol. The van der Waals surface area contributed by atoms with Crippen LogP contribution in [-0.2, 0) is 31.9 Å². The van der Waals surface area contributed by atoms with E-state index in [0.717, 1.165) is 67.0 Å². The summed E-state index contributed by atoms with van der Waals surface area (Å²) >= 11 is 0. The zero-order chi connectivity index (χ0) is 40.2. The Morgan fingerprint density at radius 2 is 1.20 bits per heavy atom. The molecular weight excluding hydrogens is 904 g/mol. The molecule has 5 nitrogen and oxygen atoms in total. The van der Waals surface area contributed by atoms with Gasteiger partial charge in [-0.3, -0.25) is 4.68 Å². The molecule has 0 N–H and O–H groups in total. The Labute approximate surface area is 361 Å². The van der Waals surface area contributed by atoms with Crippen LogP contribution in [0.1, 0.15) is 58.5 Å². The number of para-hydroxylation sites is 1. The second kappa shape index (κ2) is 15.6. The molecule has 0 aliphatic rings. The first-order valence-electron chi connectivity index (χ1n) is 19.9. The Bertz CT molecular complexity index is 2890. The maximum atomic E-state index is 6.64. The van der Waals surface area contributed by atoms with Crippen LogP contribution in [-0.4, -0.2) is 19.3 Å². The van der Waals surface area contributed by atoms with Gasteiger partial charge in [0.2, 0.25) is 0 Å². The molecule has 0 spiro atoms. The van der Waals surface area contributed by atoms with E-state index < -0.39 is 0 Å². The summed E-state index contributed by atoms with van der Waals surface area (Å²) in [6.45, 7) is 15.7. The van der Waals surface area contributed by atoms with Gasteiger partial charge in [-0.2, -0.15) is 17.2 Å². The summed E-state index contributed by atoms with van der Waals surface area (Å²) in [7, 11) is 0. The van der Waals surface area contributed by atoms with E-state index in [1.807, 2.05) is 30.5 Å². The van der Waals surface area contributed by atoms with E-state index in [9.17, 15) is 0 Å². The minimum absolute atomic E-state index is 0. The minimum Gasteiger partial charge on any atom is -0.509 e. The third kappa shape index (κ3) is 7.45. The Kier molecular flexibility index (Phi) is 10.5. The number of ether oxygens (including phenoxy) is 1. The van der Waals surface area contributed by atoms with E-state index in [4.69, 9.17) is 14.8 Å². The van der Waals surface area contributed by atoms with E-state index in [-0.39, 0.29) is 31.9 Å². The molecule has 3 heterocycles. The fourth-order valence-electron chi connectivity index (χ4n) is 8.14. The maximum absolute atomic E-state index is 6.64. The van der Waals surface area contributed by atoms with Crippen molar-refractivity contribution in [1.82, 2.24) is 19.3 Å². The summed E-state index contributed by atoms with van der Waals surface area (Å²) in [6, 6.07) is 57.9. The van der Waals surface area contributed by atoms with Crippen LogP contribution in [0.15, 0.2) is 152 Å². The van der Waals surface area contributed by atoms with Crippen LogP contribution in [0.4, 0.5) is 0 Å². The van der Waals surface area contributed by atoms with Crippen molar-refractivity contribution in [2.24, 2.45) is 0 Å². The molecule has 0 saturated heterocycles. The van der Waals surface area contributed by atoms with Gasteiger partial charge in [-0.15, -0.1) is 35.7 Å². The molecule has 6 heteroatoms. The van der Waals surface area contributed by atoms with Gasteiger partial charge >= 0.3 is 21.1 Å². The third-order valence-corrected chi connectivity index (χ3v) is 10.7. The number of rotatable bonds is 7. The number of pyridine rings is 1. The molecule has 0 aliphatic heterocycles.